The highest BCUT2D eigenvalue weighted by Gasteiger charge is 2.06. The lowest BCUT2D eigenvalue weighted by atomic mass is 10.2. The van der Waals surface area contributed by atoms with E-state index < -0.39 is 0 Å². The number of hydrogen-bond acceptors (Lipinski definition) is 4. The zero-order valence-corrected chi connectivity index (χ0v) is 10.3. The first-order valence-electron chi connectivity index (χ1n) is 5.42. The molecule has 18 heavy (non-hydrogen) atoms. The van der Waals surface area contributed by atoms with Gasteiger partial charge >= 0.3 is 0 Å². The molecule has 1 amide bonds. The van der Waals surface area contributed by atoms with Gasteiger partial charge in [-0.2, -0.15) is 0 Å². The molecule has 5 nitrogen and oxygen atoms in total. The Labute approximate surface area is 109 Å². The fraction of sp³-hybridized carbons (Fsp3) is 0.167. The van der Waals surface area contributed by atoms with Gasteiger partial charge in [0.1, 0.15) is 0 Å². The summed E-state index contributed by atoms with van der Waals surface area (Å²) in [5, 5.41) is 10.3. The van der Waals surface area contributed by atoms with Gasteiger partial charge in [-0.1, -0.05) is 11.6 Å². The topological polar surface area (TPSA) is 67.8 Å². The Balaban J connectivity index is 1.84. The number of aromatic nitrogens is 3. The van der Waals surface area contributed by atoms with Crippen molar-refractivity contribution >= 4 is 17.5 Å². The standard InChI is InChI=1S/C12H11ClN4O/c13-11-2-1-10(16-17-11)12(18)15-8-5-9-3-6-14-7-4-9/h1-4,6-7H,5,8H2,(H,15,18). The van der Waals surface area contributed by atoms with Crippen LogP contribution in [0, 0.1) is 0 Å². The van der Waals surface area contributed by atoms with Gasteiger partial charge in [-0.25, -0.2) is 0 Å². The summed E-state index contributed by atoms with van der Waals surface area (Å²) in [5.74, 6) is -0.256. The van der Waals surface area contributed by atoms with Crippen LogP contribution in [0.5, 0.6) is 0 Å². The van der Waals surface area contributed by atoms with Gasteiger partial charge in [-0.3, -0.25) is 9.78 Å². The van der Waals surface area contributed by atoms with Crippen LogP contribution in [-0.4, -0.2) is 27.6 Å². The second-order valence-corrected chi connectivity index (χ2v) is 3.99. The van der Waals surface area contributed by atoms with Crippen molar-refractivity contribution in [2.24, 2.45) is 0 Å². The third-order valence-electron chi connectivity index (χ3n) is 2.31. The molecule has 0 aromatic carbocycles. The number of rotatable bonds is 4. The summed E-state index contributed by atoms with van der Waals surface area (Å²) in [5.41, 5.74) is 1.38. The van der Waals surface area contributed by atoms with Crippen LogP contribution < -0.4 is 5.32 Å². The number of carbonyl (C=O) groups is 1. The summed E-state index contributed by atoms with van der Waals surface area (Å²) in [4.78, 5) is 15.6. The van der Waals surface area contributed by atoms with Crippen molar-refractivity contribution in [2.75, 3.05) is 6.54 Å². The van der Waals surface area contributed by atoms with E-state index in [-0.39, 0.29) is 16.8 Å². The number of pyridine rings is 1. The van der Waals surface area contributed by atoms with Crippen molar-refractivity contribution in [3.63, 3.8) is 0 Å². The third-order valence-corrected chi connectivity index (χ3v) is 2.51. The molecule has 0 bridgehead atoms. The summed E-state index contributed by atoms with van der Waals surface area (Å²) in [7, 11) is 0. The fourth-order valence-corrected chi connectivity index (χ4v) is 1.50. The van der Waals surface area contributed by atoms with E-state index in [0.29, 0.717) is 6.54 Å². The van der Waals surface area contributed by atoms with E-state index in [2.05, 4.69) is 20.5 Å². The molecular weight excluding hydrogens is 252 g/mol. The number of nitrogens with zero attached hydrogens (tertiary/aromatic N) is 3. The molecule has 0 unspecified atom stereocenters. The minimum atomic E-state index is -0.256. The highest BCUT2D eigenvalue weighted by Crippen LogP contribution is 2.02. The maximum absolute atomic E-state index is 11.7. The summed E-state index contributed by atoms with van der Waals surface area (Å²) in [6, 6.07) is 6.89. The van der Waals surface area contributed by atoms with E-state index in [1.54, 1.807) is 12.4 Å². The van der Waals surface area contributed by atoms with Crippen molar-refractivity contribution in [1.82, 2.24) is 20.5 Å². The monoisotopic (exact) mass is 262 g/mol. The second kappa shape index (κ2) is 6.07. The Bertz CT molecular complexity index is 515. The predicted molar refractivity (Wildman–Crippen MR) is 67.3 cm³/mol. The van der Waals surface area contributed by atoms with Gasteiger partial charge in [0.05, 0.1) is 0 Å². The molecule has 0 saturated carbocycles. The van der Waals surface area contributed by atoms with E-state index in [1.165, 1.54) is 12.1 Å². The number of amides is 1. The molecule has 0 saturated heterocycles. The van der Waals surface area contributed by atoms with E-state index in [0.717, 1.165) is 12.0 Å². The van der Waals surface area contributed by atoms with Gasteiger partial charge in [0.2, 0.25) is 0 Å². The first-order chi connectivity index (χ1) is 8.75. The Morgan fingerprint density at radius 3 is 2.61 bits per heavy atom. The molecular formula is C12H11ClN4O. The zero-order chi connectivity index (χ0) is 12.8. The Hall–Kier alpha value is -2.01. The van der Waals surface area contributed by atoms with Crippen LogP contribution in [0.25, 0.3) is 0 Å². The molecule has 2 aromatic heterocycles. The van der Waals surface area contributed by atoms with Crippen LogP contribution in [0.4, 0.5) is 0 Å². The highest BCUT2D eigenvalue weighted by molar-refractivity contribution is 6.29. The first kappa shape index (κ1) is 12.4. The van der Waals surface area contributed by atoms with E-state index in [4.69, 9.17) is 11.6 Å². The van der Waals surface area contributed by atoms with Crippen LogP contribution in [-0.2, 0) is 6.42 Å². The Kier molecular flexibility index (Phi) is 4.20. The normalized spacial score (nSPS) is 10.1. The summed E-state index contributed by atoms with van der Waals surface area (Å²) < 4.78 is 0. The molecule has 2 aromatic rings. The molecule has 2 rings (SSSR count). The SMILES string of the molecule is O=C(NCCc1ccncc1)c1ccc(Cl)nn1. The van der Waals surface area contributed by atoms with E-state index in [9.17, 15) is 4.79 Å². The van der Waals surface area contributed by atoms with Crippen LogP contribution in [0.1, 0.15) is 16.1 Å². The molecule has 0 aliphatic rings. The zero-order valence-electron chi connectivity index (χ0n) is 9.51. The molecule has 92 valence electrons. The number of nitrogens with one attached hydrogen (secondary N) is 1. The van der Waals surface area contributed by atoms with Crippen molar-refractivity contribution in [1.29, 1.82) is 0 Å². The van der Waals surface area contributed by atoms with Crippen molar-refractivity contribution in [2.45, 2.75) is 6.42 Å². The largest absolute Gasteiger partial charge is 0.350 e. The lowest BCUT2D eigenvalue weighted by molar-refractivity contribution is 0.0948. The maximum atomic E-state index is 11.7. The number of halogens is 1. The fourth-order valence-electron chi connectivity index (χ4n) is 1.40. The average Bonchev–Trinajstić information content (AvgIpc) is 2.40. The molecule has 1 N–H and O–H groups in total. The van der Waals surface area contributed by atoms with Gasteiger partial charge in [-0.05, 0) is 36.2 Å². The lowest BCUT2D eigenvalue weighted by Crippen LogP contribution is -2.26. The van der Waals surface area contributed by atoms with E-state index >= 15 is 0 Å². The smallest absolute Gasteiger partial charge is 0.271 e. The van der Waals surface area contributed by atoms with Crippen molar-refractivity contribution in [3.8, 4) is 0 Å². The van der Waals surface area contributed by atoms with E-state index in [1.807, 2.05) is 12.1 Å². The summed E-state index contributed by atoms with van der Waals surface area (Å²) in [6.07, 6.45) is 4.19. The predicted octanol–water partition coefficient (Wildman–Crippen LogP) is 1.50. The maximum Gasteiger partial charge on any atom is 0.271 e. The average molecular weight is 263 g/mol. The van der Waals surface area contributed by atoms with Crippen LogP contribution in [0.15, 0.2) is 36.7 Å². The molecule has 0 atom stereocenters. The third kappa shape index (κ3) is 3.49. The second-order valence-electron chi connectivity index (χ2n) is 3.60. The van der Waals surface area contributed by atoms with Crippen molar-refractivity contribution in [3.05, 3.63) is 53.1 Å². The number of hydrogen-bond donors (Lipinski definition) is 1. The molecule has 6 heteroatoms. The Morgan fingerprint density at radius 1 is 1.17 bits per heavy atom. The first-order valence-corrected chi connectivity index (χ1v) is 5.80. The van der Waals surface area contributed by atoms with Crippen LogP contribution >= 0.6 is 11.6 Å². The lowest BCUT2D eigenvalue weighted by Gasteiger charge is -2.04. The summed E-state index contributed by atoms with van der Waals surface area (Å²) >= 11 is 5.59. The quantitative estimate of drug-likeness (QED) is 0.907. The molecule has 0 aliphatic heterocycles. The van der Waals surface area contributed by atoms with Gasteiger partial charge in [-0.15, -0.1) is 10.2 Å². The highest BCUT2D eigenvalue weighted by atomic mass is 35.5. The van der Waals surface area contributed by atoms with Gasteiger partial charge < -0.3 is 5.32 Å². The van der Waals surface area contributed by atoms with Gasteiger partial charge in [0.25, 0.3) is 5.91 Å². The number of carbonyl (C=O) groups excluding carboxylic acids is 1. The summed E-state index contributed by atoms with van der Waals surface area (Å²) in [6.45, 7) is 0.535. The molecule has 0 spiro atoms. The van der Waals surface area contributed by atoms with Crippen LogP contribution in [0.3, 0.4) is 0 Å². The molecule has 2 heterocycles. The minimum absolute atomic E-state index is 0.256. The van der Waals surface area contributed by atoms with Gasteiger partial charge in [0.15, 0.2) is 10.8 Å². The molecule has 0 fully saturated rings. The Morgan fingerprint density at radius 2 is 1.94 bits per heavy atom. The minimum Gasteiger partial charge on any atom is -0.350 e. The van der Waals surface area contributed by atoms with Gasteiger partial charge in [0, 0.05) is 18.9 Å². The molecule has 0 aliphatic carbocycles. The van der Waals surface area contributed by atoms with Crippen molar-refractivity contribution < 1.29 is 4.79 Å². The molecule has 0 radical (unpaired) electrons. The van der Waals surface area contributed by atoms with Crippen LogP contribution in [0.2, 0.25) is 5.15 Å².